The van der Waals surface area contributed by atoms with Crippen LogP contribution in [0.2, 0.25) is 0 Å². The lowest BCUT2D eigenvalue weighted by atomic mass is 9.97. The molecule has 1 aromatic heterocycles. The second-order valence-corrected chi connectivity index (χ2v) is 5.40. The maximum Gasteiger partial charge on any atom is 0.308 e. The van der Waals surface area contributed by atoms with Gasteiger partial charge in [0.1, 0.15) is 6.33 Å². The second kappa shape index (κ2) is 5.98. The minimum atomic E-state index is -0.837. The second-order valence-electron chi connectivity index (χ2n) is 5.40. The smallest absolute Gasteiger partial charge is 0.308 e. The average molecular weight is 277 g/mol. The minimum absolute atomic E-state index is 0.122. The number of carbonyl (C=O) groups is 2. The van der Waals surface area contributed by atoms with E-state index in [9.17, 15) is 9.59 Å². The van der Waals surface area contributed by atoms with Crippen molar-refractivity contribution in [3.63, 3.8) is 0 Å². The van der Waals surface area contributed by atoms with Gasteiger partial charge in [0.15, 0.2) is 0 Å². The summed E-state index contributed by atoms with van der Waals surface area (Å²) in [6.07, 6.45) is 4.30. The Labute approximate surface area is 117 Å². The van der Waals surface area contributed by atoms with Crippen molar-refractivity contribution in [1.82, 2.24) is 14.9 Å². The molecule has 6 heteroatoms. The van der Waals surface area contributed by atoms with Crippen LogP contribution in [-0.4, -0.2) is 44.9 Å². The van der Waals surface area contributed by atoms with Crippen molar-refractivity contribution in [1.29, 1.82) is 0 Å². The molecule has 1 aromatic rings. The van der Waals surface area contributed by atoms with Crippen LogP contribution in [0.5, 0.6) is 0 Å². The average Bonchev–Trinajstić information content (AvgIpc) is 2.46. The third kappa shape index (κ3) is 2.95. The molecular formula is C14H19N3O3. The molecule has 0 aliphatic carbocycles. The predicted octanol–water partition coefficient (Wildman–Crippen LogP) is 1.54. The molecule has 1 fully saturated rings. The van der Waals surface area contributed by atoms with E-state index in [0.29, 0.717) is 30.6 Å². The van der Waals surface area contributed by atoms with Crippen molar-refractivity contribution in [3.8, 4) is 0 Å². The van der Waals surface area contributed by atoms with Crippen LogP contribution in [-0.2, 0) is 4.79 Å². The number of piperidine rings is 1. The summed E-state index contributed by atoms with van der Waals surface area (Å²) in [5, 5.41) is 9.09. The van der Waals surface area contributed by atoms with Crippen LogP contribution >= 0.6 is 0 Å². The fraction of sp³-hybridized carbons (Fsp3) is 0.571. The highest BCUT2D eigenvalue weighted by molar-refractivity contribution is 5.95. The first-order valence-electron chi connectivity index (χ1n) is 6.82. The highest BCUT2D eigenvalue weighted by Gasteiger charge is 2.30. The molecular weight excluding hydrogens is 258 g/mol. The molecule has 0 spiro atoms. The molecule has 1 saturated heterocycles. The summed E-state index contributed by atoms with van der Waals surface area (Å²) in [7, 11) is 0. The molecule has 0 radical (unpaired) electrons. The molecule has 1 unspecified atom stereocenters. The predicted molar refractivity (Wildman–Crippen MR) is 72.4 cm³/mol. The van der Waals surface area contributed by atoms with Crippen LogP contribution in [0.1, 0.15) is 48.7 Å². The highest BCUT2D eigenvalue weighted by atomic mass is 16.4. The van der Waals surface area contributed by atoms with Crippen LogP contribution in [0, 0.1) is 5.92 Å². The fourth-order valence-corrected chi connectivity index (χ4v) is 2.50. The Morgan fingerprint density at radius 1 is 1.45 bits per heavy atom. The summed E-state index contributed by atoms with van der Waals surface area (Å²) in [5.41, 5.74) is 1.19. The van der Waals surface area contributed by atoms with Crippen molar-refractivity contribution in [2.24, 2.45) is 5.92 Å². The van der Waals surface area contributed by atoms with Crippen LogP contribution in [0.3, 0.4) is 0 Å². The van der Waals surface area contributed by atoms with E-state index in [1.54, 1.807) is 4.90 Å². The first-order chi connectivity index (χ1) is 9.50. The van der Waals surface area contributed by atoms with Gasteiger partial charge in [-0.05, 0) is 18.8 Å². The molecule has 108 valence electrons. The van der Waals surface area contributed by atoms with Gasteiger partial charge in [-0.15, -0.1) is 0 Å². The molecule has 0 saturated carbocycles. The van der Waals surface area contributed by atoms with Gasteiger partial charge < -0.3 is 10.0 Å². The first kappa shape index (κ1) is 14.4. The number of hydrogen-bond acceptors (Lipinski definition) is 4. The van der Waals surface area contributed by atoms with Crippen molar-refractivity contribution < 1.29 is 14.7 Å². The normalized spacial score (nSPS) is 19.1. The number of carboxylic acids is 1. The monoisotopic (exact) mass is 277 g/mol. The van der Waals surface area contributed by atoms with Gasteiger partial charge >= 0.3 is 5.97 Å². The van der Waals surface area contributed by atoms with Gasteiger partial charge in [0.25, 0.3) is 5.91 Å². The van der Waals surface area contributed by atoms with Gasteiger partial charge in [-0.3, -0.25) is 9.59 Å². The zero-order valence-electron chi connectivity index (χ0n) is 11.7. The lowest BCUT2D eigenvalue weighted by molar-refractivity contribution is -0.143. The van der Waals surface area contributed by atoms with Gasteiger partial charge in [0.2, 0.25) is 0 Å². The number of nitrogens with zero attached hydrogens (tertiary/aromatic N) is 3. The summed E-state index contributed by atoms with van der Waals surface area (Å²) >= 11 is 0. The molecule has 20 heavy (non-hydrogen) atoms. The van der Waals surface area contributed by atoms with Crippen molar-refractivity contribution in [2.45, 2.75) is 32.6 Å². The number of carbonyl (C=O) groups excluding carboxylic acids is 1. The number of hydrogen-bond donors (Lipinski definition) is 1. The van der Waals surface area contributed by atoms with Crippen molar-refractivity contribution in [3.05, 3.63) is 23.8 Å². The number of aliphatic carboxylic acids is 1. The van der Waals surface area contributed by atoms with E-state index in [0.717, 1.165) is 0 Å². The Kier molecular flexibility index (Phi) is 4.32. The van der Waals surface area contributed by atoms with E-state index in [1.807, 2.05) is 13.8 Å². The van der Waals surface area contributed by atoms with Gasteiger partial charge in [-0.1, -0.05) is 13.8 Å². The molecule has 6 nitrogen and oxygen atoms in total. The first-order valence-corrected chi connectivity index (χ1v) is 6.82. The molecule has 1 N–H and O–H groups in total. The Hall–Kier alpha value is -1.98. The summed E-state index contributed by atoms with van der Waals surface area (Å²) in [6, 6.07) is 0. The van der Waals surface area contributed by atoms with Crippen molar-refractivity contribution >= 4 is 11.9 Å². The Morgan fingerprint density at radius 2 is 2.20 bits per heavy atom. The maximum absolute atomic E-state index is 12.5. The fourth-order valence-electron chi connectivity index (χ4n) is 2.50. The molecule has 2 heterocycles. The number of rotatable bonds is 3. The van der Waals surface area contributed by atoms with E-state index in [4.69, 9.17) is 5.11 Å². The molecule has 1 amide bonds. The van der Waals surface area contributed by atoms with Crippen LogP contribution in [0.4, 0.5) is 0 Å². The standard InChI is InChI=1S/C14H19N3O3/c1-9(2)12-11(6-15-8-16-12)13(18)17-5-3-4-10(7-17)14(19)20/h6,8-10H,3-5,7H2,1-2H3,(H,19,20). The van der Waals surface area contributed by atoms with Crippen LogP contribution in [0.25, 0.3) is 0 Å². The van der Waals surface area contributed by atoms with Crippen LogP contribution < -0.4 is 0 Å². The highest BCUT2D eigenvalue weighted by Crippen LogP contribution is 2.22. The maximum atomic E-state index is 12.5. The SMILES string of the molecule is CC(C)c1ncncc1C(=O)N1CCCC(C(=O)O)C1. The molecule has 0 aromatic carbocycles. The summed E-state index contributed by atoms with van der Waals surface area (Å²) in [5.74, 6) is -1.35. The lowest BCUT2D eigenvalue weighted by Gasteiger charge is -2.31. The van der Waals surface area contributed by atoms with Gasteiger partial charge in [0, 0.05) is 19.3 Å². The summed E-state index contributed by atoms with van der Waals surface area (Å²) < 4.78 is 0. The molecule has 1 atom stereocenters. The van der Waals surface area contributed by atoms with E-state index in [1.165, 1.54) is 12.5 Å². The molecule has 1 aliphatic rings. The van der Waals surface area contributed by atoms with E-state index in [-0.39, 0.29) is 18.4 Å². The minimum Gasteiger partial charge on any atom is -0.481 e. The molecule has 1 aliphatic heterocycles. The summed E-state index contributed by atoms with van der Waals surface area (Å²) in [6.45, 7) is 4.79. The number of amides is 1. The Morgan fingerprint density at radius 3 is 2.85 bits per heavy atom. The largest absolute Gasteiger partial charge is 0.481 e. The van der Waals surface area contributed by atoms with E-state index < -0.39 is 11.9 Å². The number of carboxylic acid groups (broad SMARTS) is 1. The van der Waals surface area contributed by atoms with Crippen molar-refractivity contribution in [2.75, 3.05) is 13.1 Å². The Bertz CT molecular complexity index is 516. The van der Waals surface area contributed by atoms with Gasteiger partial charge in [-0.25, -0.2) is 9.97 Å². The molecule has 2 rings (SSSR count). The van der Waals surface area contributed by atoms with Gasteiger partial charge in [0.05, 0.1) is 17.2 Å². The quantitative estimate of drug-likeness (QED) is 0.906. The topological polar surface area (TPSA) is 83.4 Å². The third-order valence-corrected chi connectivity index (χ3v) is 3.58. The molecule has 0 bridgehead atoms. The zero-order chi connectivity index (χ0) is 14.7. The lowest BCUT2D eigenvalue weighted by Crippen LogP contribution is -2.42. The van der Waals surface area contributed by atoms with E-state index in [2.05, 4.69) is 9.97 Å². The Balaban J connectivity index is 2.21. The number of likely N-dealkylation sites (tertiary alicyclic amines) is 1. The van der Waals surface area contributed by atoms with E-state index >= 15 is 0 Å². The van der Waals surface area contributed by atoms with Gasteiger partial charge in [-0.2, -0.15) is 0 Å². The zero-order valence-corrected chi connectivity index (χ0v) is 11.7. The summed E-state index contributed by atoms with van der Waals surface area (Å²) in [4.78, 5) is 33.3. The third-order valence-electron chi connectivity index (χ3n) is 3.58. The van der Waals surface area contributed by atoms with Crippen LogP contribution in [0.15, 0.2) is 12.5 Å². The number of aromatic nitrogens is 2.